The molecule has 3 heteroatoms. The molecule has 0 radical (unpaired) electrons. The number of hydrogen-bond donors (Lipinski definition) is 2. The van der Waals surface area contributed by atoms with Crippen molar-refractivity contribution in [3.63, 3.8) is 0 Å². The van der Waals surface area contributed by atoms with Crippen LogP contribution in [0.4, 0.5) is 0 Å². The average molecular weight is 155 g/mol. The van der Waals surface area contributed by atoms with Crippen LogP contribution in [-0.4, -0.2) is 30.6 Å². The standard InChI is InChI=1S/C8H17N3/c9-10-8-3-5-11-4-1-2-7(8)6-11/h7-8,10H,1-6,9H2. The second-order valence-corrected chi connectivity index (χ2v) is 3.76. The van der Waals surface area contributed by atoms with Crippen molar-refractivity contribution >= 4 is 0 Å². The number of nitrogens with zero attached hydrogens (tertiary/aromatic N) is 1. The van der Waals surface area contributed by atoms with Gasteiger partial charge in [-0.2, -0.15) is 0 Å². The van der Waals surface area contributed by atoms with E-state index in [2.05, 4.69) is 10.3 Å². The summed E-state index contributed by atoms with van der Waals surface area (Å²) in [6, 6.07) is 0.589. The highest BCUT2D eigenvalue weighted by Gasteiger charge is 2.30. The van der Waals surface area contributed by atoms with Crippen molar-refractivity contribution in [1.82, 2.24) is 10.3 Å². The first-order valence-electron chi connectivity index (χ1n) is 4.58. The first-order valence-corrected chi connectivity index (χ1v) is 4.58. The SMILES string of the molecule is NNC1CCN2CCCC1C2. The molecule has 2 bridgehead atoms. The number of nitrogens with two attached hydrogens (primary N) is 1. The Morgan fingerprint density at radius 1 is 1.27 bits per heavy atom. The van der Waals surface area contributed by atoms with Gasteiger partial charge in [0, 0.05) is 12.6 Å². The molecule has 0 amide bonds. The molecule has 64 valence electrons. The molecule has 2 fully saturated rings. The van der Waals surface area contributed by atoms with Crippen LogP contribution < -0.4 is 11.3 Å². The van der Waals surface area contributed by atoms with E-state index in [0.29, 0.717) is 6.04 Å². The van der Waals surface area contributed by atoms with E-state index in [4.69, 9.17) is 5.84 Å². The Morgan fingerprint density at radius 2 is 2.18 bits per heavy atom. The van der Waals surface area contributed by atoms with Crippen LogP contribution in [0.2, 0.25) is 0 Å². The number of rotatable bonds is 1. The smallest absolute Gasteiger partial charge is 0.0263 e. The molecule has 2 saturated heterocycles. The Hall–Kier alpha value is -0.120. The fourth-order valence-corrected chi connectivity index (χ4v) is 2.40. The molecule has 0 aliphatic carbocycles. The van der Waals surface area contributed by atoms with Crippen LogP contribution in [0, 0.1) is 5.92 Å². The zero-order chi connectivity index (χ0) is 7.68. The highest BCUT2D eigenvalue weighted by atomic mass is 15.3. The van der Waals surface area contributed by atoms with Gasteiger partial charge in [-0.05, 0) is 38.3 Å². The van der Waals surface area contributed by atoms with Gasteiger partial charge in [0.05, 0.1) is 0 Å². The largest absolute Gasteiger partial charge is 0.303 e. The Bertz CT molecular complexity index is 137. The Morgan fingerprint density at radius 3 is 3.00 bits per heavy atom. The molecule has 3 nitrogen and oxygen atoms in total. The number of nitrogens with one attached hydrogen (secondary N) is 1. The van der Waals surface area contributed by atoms with Crippen molar-refractivity contribution < 1.29 is 0 Å². The van der Waals surface area contributed by atoms with E-state index in [-0.39, 0.29) is 0 Å². The Balaban J connectivity index is 1.97. The fourth-order valence-electron chi connectivity index (χ4n) is 2.40. The summed E-state index contributed by atoms with van der Waals surface area (Å²) in [6.45, 7) is 3.83. The molecule has 2 heterocycles. The third-order valence-corrected chi connectivity index (χ3v) is 3.08. The van der Waals surface area contributed by atoms with Crippen molar-refractivity contribution in [2.24, 2.45) is 11.8 Å². The maximum atomic E-state index is 5.47. The molecule has 3 atom stereocenters. The zero-order valence-corrected chi connectivity index (χ0v) is 6.92. The van der Waals surface area contributed by atoms with Gasteiger partial charge in [-0.25, -0.2) is 0 Å². The van der Waals surface area contributed by atoms with Crippen LogP contribution in [0.3, 0.4) is 0 Å². The lowest BCUT2D eigenvalue weighted by molar-refractivity contribution is 0.0924. The average Bonchev–Trinajstić information content (AvgIpc) is 2.06. The van der Waals surface area contributed by atoms with E-state index in [9.17, 15) is 0 Å². The van der Waals surface area contributed by atoms with Gasteiger partial charge < -0.3 is 4.90 Å². The van der Waals surface area contributed by atoms with E-state index in [1.165, 1.54) is 38.9 Å². The molecule has 0 saturated carbocycles. The Kier molecular flexibility index (Phi) is 2.11. The number of hydrogen-bond acceptors (Lipinski definition) is 3. The molecular weight excluding hydrogens is 138 g/mol. The summed E-state index contributed by atoms with van der Waals surface area (Å²) in [7, 11) is 0. The molecule has 2 rings (SSSR count). The van der Waals surface area contributed by atoms with Gasteiger partial charge >= 0.3 is 0 Å². The number of hydrazine groups is 1. The van der Waals surface area contributed by atoms with E-state index in [1.807, 2.05) is 0 Å². The minimum atomic E-state index is 0.589. The second kappa shape index (κ2) is 3.09. The van der Waals surface area contributed by atoms with Gasteiger partial charge in [0.1, 0.15) is 0 Å². The summed E-state index contributed by atoms with van der Waals surface area (Å²) >= 11 is 0. The molecule has 0 aromatic heterocycles. The summed E-state index contributed by atoms with van der Waals surface area (Å²) in [4.78, 5) is 2.56. The van der Waals surface area contributed by atoms with Gasteiger partial charge in [-0.3, -0.25) is 11.3 Å². The van der Waals surface area contributed by atoms with Crippen LogP contribution >= 0.6 is 0 Å². The van der Waals surface area contributed by atoms with Crippen LogP contribution in [-0.2, 0) is 0 Å². The summed E-state index contributed by atoms with van der Waals surface area (Å²) < 4.78 is 0. The Labute approximate surface area is 67.9 Å². The van der Waals surface area contributed by atoms with Crippen molar-refractivity contribution in [2.45, 2.75) is 25.3 Å². The zero-order valence-electron chi connectivity index (χ0n) is 6.92. The first kappa shape index (κ1) is 7.53. The van der Waals surface area contributed by atoms with Gasteiger partial charge in [0.2, 0.25) is 0 Å². The lowest BCUT2D eigenvalue weighted by atomic mass is 9.85. The van der Waals surface area contributed by atoms with Crippen molar-refractivity contribution in [2.75, 3.05) is 19.6 Å². The second-order valence-electron chi connectivity index (χ2n) is 3.76. The highest BCUT2D eigenvalue weighted by Crippen LogP contribution is 2.25. The molecule has 0 aromatic carbocycles. The maximum absolute atomic E-state index is 5.47. The van der Waals surface area contributed by atoms with E-state index in [1.54, 1.807) is 0 Å². The lowest BCUT2D eigenvalue weighted by Gasteiger charge is -2.42. The van der Waals surface area contributed by atoms with Gasteiger partial charge in [-0.15, -0.1) is 0 Å². The first-order chi connectivity index (χ1) is 5.40. The van der Waals surface area contributed by atoms with Gasteiger partial charge in [0.25, 0.3) is 0 Å². The molecule has 2 aliphatic rings. The monoisotopic (exact) mass is 155 g/mol. The molecule has 3 N–H and O–H groups in total. The molecule has 11 heavy (non-hydrogen) atoms. The summed E-state index contributed by atoms with van der Waals surface area (Å²) in [5.41, 5.74) is 2.93. The number of piperidine rings is 2. The topological polar surface area (TPSA) is 41.3 Å². The van der Waals surface area contributed by atoms with Crippen LogP contribution in [0.5, 0.6) is 0 Å². The molecule has 3 unspecified atom stereocenters. The van der Waals surface area contributed by atoms with E-state index < -0.39 is 0 Å². The number of fused-ring (bicyclic) bond motifs is 2. The fraction of sp³-hybridized carbons (Fsp3) is 1.00. The van der Waals surface area contributed by atoms with Crippen molar-refractivity contribution in [1.29, 1.82) is 0 Å². The van der Waals surface area contributed by atoms with Gasteiger partial charge in [0.15, 0.2) is 0 Å². The lowest BCUT2D eigenvalue weighted by Crippen LogP contribution is -2.53. The maximum Gasteiger partial charge on any atom is 0.0263 e. The summed E-state index contributed by atoms with van der Waals surface area (Å²) in [5.74, 6) is 6.29. The van der Waals surface area contributed by atoms with Crippen LogP contribution in [0.15, 0.2) is 0 Å². The van der Waals surface area contributed by atoms with Gasteiger partial charge in [-0.1, -0.05) is 0 Å². The quantitative estimate of drug-likeness (QED) is 0.411. The minimum absolute atomic E-state index is 0.589. The van der Waals surface area contributed by atoms with E-state index in [0.717, 1.165) is 5.92 Å². The molecular formula is C8H17N3. The normalized spacial score (nSPS) is 43.9. The highest BCUT2D eigenvalue weighted by molar-refractivity contribution is 4.87. The van der Waals surface area contributed by atoms with Crippen molar-refractivity contribution in [3.05, 3.63) is 0 Å². The predicted molar refractivity (Wildman–Crippen MR) is 44.9 cm³/mol. The molecule has 2 aliphatic heterocycles. The van der Waals surface area contributed by atoms with Crippen LogP contribution in [0.25, 0.3) is 0 Å². The molecule has 0 spiro atoms. The summed E-state index contributed by atoms with van der Waals surface area (Å²) in [6.07, 6.45) is 3.97. The molecule has 0 aromatic rings. The minimum Gasteiger partial charge on any atom is -0.303 e. The summed E-state index contributed by atoms with van der Waals surface area (Å²) in [5, 5.41) is 0. The third kappa shape index (κ3) is 1.41. The van der Waals surface area contributed by atoms with Crippen LogP contribution in [0.1, 0.15) is 19.3 Å². The van der Waals surface area contributed by atoms with Crippen molar-refractivity contribution in [3.8, 4) is 0 Å². The predicted octanol–water partition coefficient (Wildman–Crippen LogP) is -0.0660. The third-order valence-electron chi connectivity index (χ3n) is 3.08. The van der Waals surface area contributed by atoms with E-state index >= 15 is 0 Å².